The summed E-state index contributed by atoms with van der Waals surface area (Å²) in [6, 6.07) is 8.30. The fourth-order valence-electron chi connectivity index (χ4n) is 3.74. The summed E-state index contributed by atoms with van der Waals surface area (Å²) in [6.45, 7) is 9.05. The van der Waals surface area contributed by atoms with Gasteiger partial charge >= 0.3 is 6.03 Å². The van der Waals surface area contributed by atoms with E-state index in [0.29, 0.717) is 25.0 Å². The van der Waals surface area contributed by atoms with E-state index in [-0.39, 0.29) is 12.1 Å². The molecule has 1 aromatic rings. The highest BCUT2D eigenvalue weighted by Crippen LogP contribution is 2.20. The van der Waals surface area contributed by atoms with Crippen molar-refractivity contribution in [3.8, 4) is 5.75 Å². The standard InChI is InChI=1S/C22H38N4O3/c1-17(2)14-19(26-10-12-29-13-11-26)15-23-22(27)24-16-21(25(3)4)18-6-8-20(28-5)9-7-18/h6-9,17,19,21H,10-16H2,1-5H3,(H2,23,24,27). The lowest BCUT2D eigenvalue weighted by Gasteiger charge is -2.35. The number of hydrogen-bond donors (Lipinski definition) is 2. The second-order valence-corrected chi connectivity index (χ2v) is 8.28. The van der Waals surface area contributed by atoms with Crippen LogP contribution in [0.15, 0.2) is 24.3 Å². The van der Waals surface area contributed by atoms with E-state index in [2.05, 4.69) is 34.3 Å². The number of nitrogens with one attached hydrogen (secondary N) is 2. The SMILES string of the molecule is COc1ccc(C(CNC(=O)NCC(CC(C)C)N2CCOCC2)N(C)C)cc1. The topological polar surface area (TPSA) is 66.1 Å². The number of methoxy groups -OCH3 is 1. The first-order chi connectivity index (χ1) is 13.9. The Hall–Kier alpha value is -1.83. The van der Waals surface area contributed by atoms with Crippen LogP contribution in [0.3, 0.4) is 0 Å². The van der Waals surface area contributed by atoms with Crippen molar-refractivity contribution in [2.24, 2.45) is 5.92 Å². The van der Waals surface area contributed by atoms with Crippen LogP contribution in [0.5, 0.6) is 5.75 Å². The molecule has 0 radical (unpaired) electrons. The summed E-state index contributed by atoms with van der Waals surface area (Å²) in [5, 5.41) is 6.11. The molecule has 2 amide bonds. The smallest absolute Gasteiger partial charge is 0.314 e. The molecule has 164 valence electrons. The number of benzene rings is 1. The zero-order valence-electron chi connectivity index (χ0n) is 18.6. The molecule has 2 N–H and O–H groups in total. The summed E-state index contributed by atoms with van der Waals surface area (Å²) in [6.07, 6.45) is 1.06. The van der Waals surface area contributed by atoms with Gasteiger partial charge in [-0.05, 0) is 44.1 Å². The second kappa shape index (κ2) is 12.0. The Labute approximate surface area is 175 Å². The van der Waals surface area contributed by atoms with Crippen LogP contribution in [0.2, 0.25) is 0 Å². The van der Waals surface area contributed by atoms with Crippen molar-refractivity contribution >= 4 is 6.03 Å². The summed E-state index contributed by atoms with van der Waals surface area (Å²) in [5.74, 6) is 1.41. The number of likely N-dealkylation sites (N-methyl/N-ethyl adjacent to an activating group) is 1. The summed E-state index contributed by atoms with van der Waals surface area (Å²) in [5.41, 5.74) is 1.14. The minimum absolute atomic E-state index is 0.0948. The Bertz CT molecular complexity index is 601. The molecular weight excluding hydrogens is 368 g/mol. The number of nitrogens with zero attached hydrogens (tertiary/aromatic N) is 2. The number of carbonyl (C=O) groups is 1. The number of amides is 2. The molecule has 1 aromatic carbocycles. The molecule has 29 heavy (non-hydrogen) atoms. The summed E-state index contributed by atoms with van der Waals surface area (Å²) >= 11 is 0. The van der Waals surface area contributed by atoms with E-state index < -0.39 is 0 Å². The average Bonchev–Trinajstić information content (AvgIpc) is 2.72. The molecule has 0 aromatic heterocycles. The molecule has 1 saturated heterocycles. The maximum Gasteiger partial charge on any atom is 0.314 e. The number of hydrogen-bond acceptors (Lipinski definition) is 5. The van der Waals surface area contributed by atoms with Gasteiger partial charge in [0.2, 0.25) is 0 Å². The first kappa shape index (κ1) is 23.4. The maximum absolute atomic E-state index is 12.5. The zero-order valence-corrected chi connectivity index (χ0v) is 18.6. The molecule has 0 saturated carbocycles. The largest absolute Gasteiger partial charge is 0.497 e. The first-order valence-electron chi connectivity index (χ1n) is 10.5. The molecule has 0 bridgehead atoms. The van der Waals surface area contributed by atoms with Crippen LogP contribution in [-0.2, 0) is 4.74 Å². The predicted molar refractivity (Wildman–Crippen MR) is 116 cm³/mol. The molecule has 2 rings (SSSR count). The van der Waals surface area contributed by atoms with Gasteiger partial charge in [-0.3, -0.25) is 4.90 Å². The normalized spacial score (nSPS) is 17.2. The Kier molecular flexibility index (Phi) is 9.70. The Balaban J connectivity index is 1.86. The van der Waals surface area contributed by atoms with Gasteiger partial charge in [0.25, 0.3) is 0 Å². The van der Waals surface area contributed by atoms with Gasteiger partial charge in [0, 0.05) is 32.2 Å². The van der Waals surface area contributed by atoms with Crippen LogP contribution in [-0.4, -0.2) is 82.5 Å². The Morgan fingerprint density at radius 3 is 2.31 bits per heavy atom. The van der Waals surface area contributed by atoms with E-state index in [9.17, 15) is 4.79 Å². The molecule has 7 heteroatoms. The van der Waals surface area contributed by atoms with Gasteiger partial charge in [-0.2, -0.15) is 0 Å². The highest BCUT2D eigenvalue weighted by Gasteiger charge is 2.23. The Morgan fingerprint density at radius 1 is 1.14 bits per heavy atom. The van der Waals surface area contributed by atoms with Crippen molar-refractivity contribution in [1.29, 1.82) is 0 Å². The summed E-state index contributed by atoms with van der Waals surface area (Å²) < 4.78 is 10.7. The quantitative estimate of drug-likeness (QED) is 0.624. The lowest BCUT2D eigenvalue weighted by molar-refractivity contribution is 0.0129. The molecule has 2 atom stereocenters. The van der Waals surface area contributed by atoms with Gasteiger partial charge in [0.15, 0.2) is 0 Å². The maximum atomic E-state index is 12.5. The van der Waals surface area contributed by atoms with Crippen molar-refractivity contribution in [2.45, 2.75) is 32.4 Å². The fraction of sp³-hybridized carbons (Fsp3) is 0.682. The number of carbonyl (C=O) groups excluding carboxylic acids is 1. The Morgan fingerprint density at radius 2 is 1.76 bits per heavy atom. The number of urea groups is 1. The summed E-state index contributed by atoms with van der Waals surface area (Å²) in [4.78, 5) is 17.0. The first-order valence-corrected chi connectivity index (χ1v) is 10.5. The van der Waals surface area contributed by atoms with Crippen molar-refractivity contribution < 1.29 is 14.3 Å². The van der Waals surface area contributed by atoms with E-state index in [1.54, 1.807) is 7.11 Å². The van der Waals surface area contributed by atoms with Gasteiger partial charge in [-0.1, -0.05) is 26.0 Å². The highest BCUT2D eigenvalue weighted by atomic mass is 16.5. The molecule has 1 aliphatic rings. The molecular formula is C22H38N4O3. The zero-order chi connectivity index (χ0) is 21.2. The summed E-state index contributed by atoms with van der Waals surface area (Å²) in [7, 11) is 5.70. The molecule has 0 aliphatic carbocycles. The molecule has 1 heterocycles. The van der Waals surface area contributed by atoms with Gasteiger partial charge in [0.05, 0.1) is 26.4 Å². The van der Waals surface area contributed by atoms with Gasteiger partial charge in [-0.15, -0.1) is 0 Å². The van der Waals surface area contributed by atoms with Gasteiger partial charge in [-0.25, -0.2) is 4.79 Å². The van der Waals surface area contributed by atoms with E-state index in [0.717, 1.165) is 44.0 Å². The monoisotopic (exact) mass is 406 g/mol. The third-order valence-corrected chi connectivity index (χ3v) is 5.38. The molecule has 0 spiro atoms. The van der Waals surface area contributed by atoms with E-state index in [1.165, 1.54) is 0 Å². The van der Waals surface area contributed by atoms with Crippen molar-refractivity contribution in [1.82, 2.24) is 20.4 Å². The molecule has 1 fully saturated rings. The molecule has 7 nitrogen and oxygen atoms in total. The van der Waals surface area contributed by atoms with E-state index >= 15 is 0 Å². The lowest BCUT2D eigenvalue weighted by atomic mass is 10.0. The van der Waals surface area contributed by atoms with E-state index in [4.69, 9.17) is 9.47 Å². The van der Waals surface area contributed by atoms with Crippen LogP contribution in [0.4, 0.5) is 4.79 Å². The van der Waals surface area contributed by atoms with Crippen LogP contribution >= 0.6 is 0 Å². The number of morpholine rings is 1. The minimum Gasteiger partial charge on any atom is -0.497 e. The van der Waals surface area contributed by atoms with E-state index in [1.807, 2.05) is 38.4 Å². The molecule has 1 aliphatic heterocycles. The van der Waals surface area contributed by atoms with Gasteiger partial charge < -0.3 is 25.0 Å². The average molecular weight is 407 g/mol. The minimum atomic E-state index is -0.118. The predicted octanol–water partition coefficient (Wildman–Crippen LogP) is 2.34. The third kappa shape index (κ3) is 7.84. The van der Waals surface area contributed by atoms with Crippen molar-refractivity contribution in [2.75, 3.05) is 60.6 Å². The number of rotatable bonds is 10. The lowest BCUT2D eigenvalue weighted by Crippen LogP contribution is -2.51. The van der Waals surface area contributed by atoms with Crippen molar-refractivity contribution in [3.05, 3.63) is 29.8 Å². The number of ether oxygens (including phenoxy) is 2. The van der Waals surface area contributed by atoms with Crippen LogP contribution in [0.25, 0.3) is 0 Å². The third-order valence-electron chi connectivity index (χ3n) is 5.38. The van der Waals surface area contributed by atoms with Crippen LogP contribution in [0.1, 0.15) is 31.9 Å². The van der Waals surface area contributed by atoms with Crippen LogP contribution in [0, 0.1) is 5.92 Å². The molecule has 2 unspecified atom stereocenters. The van der Waals surface area contributed by atoms with Gasteiger partial charge in [0.1, 0.15) is 5.75 Å². The highest BCUT2D eigenvalue weighted by molar-refractivity contribution is 5.73. The fourth-order valence-corrected chi connectivity index (χ4v) is 3.74. The van der Waals surface area contributed by atoms with Crippen molar-refractivity contribution in [3.63, 3.8) is 0 Å². The second-order valence-electron chi connectivity index (χ2n) is 8.28. The van der Waals surface area contributed by atoms with Crippen LogP contribution < -0.4 is 15.4 Å².